The maximum atomic E-state index is 14.1. The van der Waals surface area contributed by atoms with Gasteiger partial charge in [-0.05, 0) is 51.2 Å². The molecule has 1 amide bonds. The van der Waals surface area contributed by atoms with Crippen LogP contribution in [0, 0.1) is 5.82 Å². The minimum Gasteiger partial charge on any atom is -0.328 e. The molecule has 0 radical (unpaired) electrons. The van der Waals surface area contributed by atoms with E-state index in [1.54, 1.807) is 24.3 Å². The third-order valence-electron chi connectivity index (χ3n) is 3.56. The van der Waals surface area contributed by atoms with Crippen LogP contribution in [0.1, 0.15) is 24.0 Å². The summed E-state index contributed by atoms with van der Waals surface area (Å²) in [6, 6.07) is 10.6. The number of benzene rings is 2. The lowest BCUT2D eigenvalue weighted by molar-refractivity contribution is -0.105. The maximum absolute atomic E-state index is 14.1. The van der Waals surface area contributed by atoms with E-state index in [1.807, 2.05) is 19.1 Å². The minimum absolute atomic E-state index is 0.0160. The van der Waals surface area contributed by atoms with Crippen molar-refractivity contribution in [3.05, 3.63) is 62.8 Å². The van der Waals surface area contributed by atoms with Gasteiger partial charge in [0.2, 0.25) is 6.41 Å². The van der Waals surface area contributed by atoms with Gasteiger partial charge in [0, 0.05) is 23.8 Å². The van der Waals surface area contributed by atoms with Crippen molar-refractivity contribution < 1.29 is 9.18 Å². The molecule has 0 saturated heterocycles. The molecular formula is C17H17BrClFN2O. The van der Waals surface area contributed by atoms with Gasteiger partial charge in [-0.15, -0.1) is 0 Å². The number of amides is 1. The lowest BCUT2D eigenvalue weighted by Crippen LogP contribution is -2.21. The van der Waals surface area contributed by atoms with Crippen LogP contribution >= 0.6 is 27.5 Å². The number of rotatable bonds is 7. The first-order chi connectivity index (χ1) is 11.0. The average molecular weight is 400 g/mol. The van der Waals surface area contributed by atoms with Crippen LogP contribution in [-0.2, 0) is 11.3 Å². The fourth-order valence-corrected chi connectivity index (χ4v) is 2.89. The highest BCUT2D eigenvalue weighted by Crippen LogP contribution is 2.25. The van der Waals surface area contributed by atoms with Crippen LogP contribution in [0.15, 0.2) is 40.9 Å². The van der Waals surface area contributed by atoms with Gasteiger partial charge >= 0.3 is 0 Å². The van der Waals surface area contributed by atoms with Crippen LogP contribution in [-0.4, -0.2) is 13.0 Å². The second-order valence-corrected chi connectivity index (χ2v) is 6.53. The third-order valence-corrected chi connectivity index (χ3v) is 4.41. The molecule has 0 aliphatic heterocycles. The van der Waals surface area contributed by atoms with Crippen molar-refractivity contribution >= 4 is 39.6 Å². The molecule has 6 heteroatoms. The Balaban J connectivity index is 1.99. The molecule has 2 N–H and O–H groups in total. The molecule has 1 unspecified atom stereocenters. The zero-order valence-electron chi connectivity index (χ0n) is 12.6. The molecule has 3 nitrogen and oxygen atoms in total. The van der Waals surface area contributed by atoms with Gasteiger partial charge in [-0.1, -0.05) is 36.7 Å². The van der Waals surface area contributed by atoms with Crippen LogP contribution < -0.4 is 10.6 Å². The van der Waals surface area contributed by atoms with Crippen LogP contribution in [0.3, 0.4) is 0 Å². The van der Waals surface area contributed by atoms with Crippen molar-refractivity contribution in [1.82, 2.24) is 5.32 Å². The zero-order valence-corrected chi connectivity index (χ0v) is 14.9. The molecule has 1 atom stereocenters. The highest BCUT2D eigenvalue weighted by molar-refractivity contribution is 9.10. The Hall–Kier alpha value is -1.43. The molecule has 2 aromatic carbocycles. The predicted molar refractivity (Wildman–Crippen MR) is 95.4 cm³/mol. The second-order valence-electron chi connectivity index (χ2n) is 5.24. The second kappa shape index (κ2) is 8.43. The van der Waals surface area contributed by atoms with E-state index in [0.29, 0.717) is 40.2 Å². The first-order valence-corrected chi connectivity index (χ1v) is 8.33. The van der Waals surface area contributed by atoms with E-state index in [-0.39, 0.29) is 11.7 Å². The molecule has 0 fully saturated rings. The number of carbonyl (C=O) groups is 1. The summed E-state index contributed by atoms with van der Waals surface area (Å²) >= 11 is 9.13. The van der Waals surface area contributed by atoms with E-state index >= 15 is 0 Å². The number of halogens is 3. The molecule has 0 bridgehead atoms. The quantitative estimate of drug-likeness (QED) is 0.662. The largest absolute Gasteiger partial charge is 0.328 e. The Morgan fingerprint density at radius 2 is 2.13 bits per heavy atom. The van der Waals surface area contributed by atoms with Gasteiger partial charge in [-0.3, -0.25) is 4.79 Å². The van der Waals surface area contributed by atoms with E-state index in [1.165, 1.54) is 0 Å². The Morgan fingerprint density at radius 1 is 1.35 bits per heavy atom. The monoisotopic (exact) mass is 398 g/mol. The van der Waals surface area contributed by atoms with Crippen molar-refractivity contribution in [2.75, 3.05) is 11.9 Å². The molecule has 0 aromatic heterocycles. The summed E-state index contributed by atoms with van der Waals surface area (Å²) < 4.78 is 14.5. The van der Waals surface area contributed by atoms with Gasteiger partial charge in [0.15, 0.2) is 0 Å². The number of hydrogen-bond acceptors (Lipinski definition) is 2. The number of hydrogen-bond donors (Lipinski definition) is 2. The average Bonchev–Trinajstić information content (AvgIpc) is 2.52. The summed E-state index contributed by atoms with van der Waals surface area (Å²) in [6.45, 7) is 3.12. The smallest absolute Gasteiger partial charge is 0.211 e. The Bertz CT molecular complexity index is 696. The molecule has 2 rings (SSSR count). The zero-order chi connectivity index (χ0) is 16.8. The number of carbonyl (C=O) groups excluding carboxylic acids is 1. The van der Waals surface area contributed by atoms with Crippen molar-refractivity contribution in [2.45, 2.75) is 19.4 Å². The molecule has 0 saturated carbocycles. The molecule has 0 spiro atoms. The van der Waals surface area contributed by atoms with E-state index in [4.69, 9.17) is 11.6 Å². The van der Waals surface area contributed by atoms with Crippen LogP contribution in [0.4, 0.5) is 10.1 Å². The van der Waals surface area contributed by atoms with Gasteiger partial charge in [-0.2, -0.15) is 0 Å². The normalized spacial score (nSPS) is 12.0. The fraction of sp³-hybridized carbons (Fsp3) is 0.235. The molecular weight excluding hydrogens is 383 g/mol. The van der Waals surface area contributed by atoms with Crippen molar-refractivity contribution in [2.24, 2.45) is 0 Å². The van der Waals surface area contributed by atoms with E-state index in [2.05, 4.69) is 26.6 Å². The SMILES string of the molecule is CC(CNCc1ccc(Cl)cc1NC=O)c1cccc(Br)c1F. The van der Waals surface area contributed by atoms with Gasteiger partial charge in [0.1, 0.15) is 5.82 Å². The van der Waals surface area contributed by atoms with Gasteiger partial charge in [0.05, 0.1) is 4.47 Å². The topological polar surface area (TPSA) is 41.1 Å². The van der Waals surface area contributed by atoms with E-state index in [9.17, 15) is 9.18 Å². The number of nitrogens with one attached hydrogen (secondary N) is 2. The highest BCUT2D eigenvalue weighted by atomic mass is 79.9. The van der Waals surface area contributed by atoms with Crippen molar-refractivity contribution in [3.8, 4) is 0 Å². The molecule has 0 aliphatic carbocycles. The molecule has 0 heterocycles. The van der Waals surface area contributed by atoms with Gasteiger partial charge in [0.25, 0.3) is 0 Å². The number of anilines is 1. The third kappa shape index (κ3) is 4.77. The van der Waals surface area contributed by atoms with Crippen molar-refractivity contribution in [3.63, 3.8) is 0 Å². The molecule has 122 valence electrons. The van der Waals surface area contributed by atoms with Crippen molar-refractivity contribution in [1.29, 1.82) is 0 Å². The first-order valence-electron chi connectivity index (χ1n) is 7.16. The van der Waals surface area contributed by atoms with Gasteiger partial charge < -0.3 is 10.6 Å². The summed E-state index contributed by atoms with van der Waals surface area (Å²) in [5.74, 6) is -0.209. The Morgan fingerprint density at radius 3 is 2.87 bits per heavy atom. The molecule has 2 aromatic rings. The Labute approximate surface area is 148 Å². The Kier molecular flexibility index (Phi) is 6.57. The fourth-order valence-electron chi connectivity index (χ4n) is 2.34. The lowest BCUT2D eigenvalue weighted by atomic mass is 10.0. The lowest BCUT2D eigenvalue weighted by Gasteiger charge is -2.16. The summed E-state index contributed by atoms with van der Waals surface area (Å²) in [5, 5.41) is 6.47. The maximum Gasteiger partial charge on any atom is 0.211 e. The van der Waals surface area contributed by atoms with E-state index < -0.39 is 0 Å². The summed E-state index contributed by atoms with van der Waals surface area (Å²) in [5.41, 5.74) is 2.25. The molecule has 23 heavy (non-hydrogen) atoms. The molecule has 0 aliphatic rings. The highest BCUT2D eigenvalue weighted by Gasteiger charge is 2.13. The first kappa shape index (κ1) is 17.9. The summed E-state index contributed by atoms with van der Waals surface area (Å²) in [4.78, 5) is 10.7. The summed E-state index contributed by atoms with van der Waals surface area (Å²) in [7, 11) is 0. The van der Waals surface area contributed by atoms with E-state index in [0.717, 1.165) is 5.56 Å². The standard InChI is InChI=1S/C17H17BrClFN2O/c1-11(14-3-2-4-15(18)17(14)20)8-21-9-12-5-6-13(19)7-16(12)22-10-23/h2-7,10-11,21H,8-9H2,1H3,(H,22,23). The summed E-state index contributed by atoms with van der Waals surface area (Å²) in [6.07, 6.45) is 0.620. The predicted octanol–water partition coefficient (Wildman–Crippen LogP) is 4.70. The van der Waals surface area contributed by atoms with Gasteiger partial charge in [-0.25, -0.2) is 4.39 Å². The van der Waals surface area contributed by atoms with Crippen LogP contribution in [0.5, 0.6) is 0 Å². The van der Waals surface area contributed by atoms with Crippen LogP contribution in [0.25, 0.3) is 0 Å². The minimum atomic E-state index is -0.225. The van der Waals surface area contributed by atoms with Crippen LogP contribution in [0.2, 0.25) is 5.02 Å².